The number of imidazole rings is 1. The summed E-state index contributed by atoms with van der Waals surface area (Å²) < 4.78 is 25.7. The average molecular weight is 567 g/mol. The summed E-state index contributed by atoms with van der Waals surface area (Å²) in [7, 11) is 0. The van der Waals surface area contributed by atoms with Crippen LogP contribution in [0.1, 0.15) is 44.3 Å². The zero-order valence-electron chi connectivity index (χ0n) is 19.6. The van der Waals surface area contributed by atoms with E-state index in [0.29, 0.717) is 5.39 Å². The second-order valence-corrected chi connectivity index (χ2v) is 9.63. The molecule has 0 radical (unpaired) electrons. The standard InChI is InChI=1S/C24H16ClFN8O4S/c25-14-6-5-11(26)7-13(14)18-20-21(31-23(36)19-12-3-1-2-4-15(12)39-33-19)30-22(34(20)9-16(35)29-18)24(37)27-8-17-32-28-10-38-17/h1-7,10,18H,8-9H2,(H,27,37)(H,29,35)(H,31,36). The Balaban J connectivity index is 1.43. The molecular weight excluding hydrogens is 551 g/mol. The molecule has 0 saturated heterocycles. The Labute approximate surface area is 227 Å². The second-order valence-electron chi connectivity index (χ2n) is 8.42. The molecule has 1 atom stereocenters. The van der Waals surface area contributed by atoms with Crippen LogP contribution < -0.4 is 16.0 Å². The lowest BCUT2D eigenvalue weighted by atomic mass is 10.0. The number of carbonyl (C=O) groups excluding carboxylic acids is 3. The van der Waals surface area contributed by atoms with Crippen LogP contribution in [0, 0.1) is 5.82 Å². The summed E-state index contributed by atoms with van der Waals surface area (Å²) in [6, 6.07) is 9.91. The first-order chi connectivity index (χ1) is 18.9. The first-order valence-corrected chi connectivity index (χ1v) is 12.6. The maximum Gasteiger partial charge on any atom is 0.287 e. The van der Waals surface area contributed by atoms with E-state index in [0.717, 1.165) is 22.6 Å². The molecule has 0 aliphatic carbocycles. The Kier molecular flexibility index (Phi) is 6.24. The van der Waals surface area contributed by atoms with E-state index < -0.39 is 29.6 Å². The van der Waals surface area contributed by atoms with Crippen molar-refractivity contribution in [3.63, 3.8) is 0 Å². The number of carbonyl (C=O) groups is 3. The number of fused-ring (bicyclic) bond motifs is 2. The van der Waals surface area contributed by atoms with Crippen LogP contribution in [0.2, 0.25) is 5.02 Å². The maximum absolute atomic E-state index is 14.2. The van der Waals surface area contributed by atoms with Crippen molar-refractivity contribution in [2.75, 3.05) is 5.32 Å². The summed E-state index contributed by atoms with van der Waals surface area (Å²) in [6.45, 7) is -0.385. The molecule has 15 heteroatoms. The van der Waals surface area contributed by atoms with Crippen LogP contribution in [0.25, 0.3) is 10.1 Å². The lowest BCUT2D eigenvalue weighted by Gasteiger charge is -2.28. The highest BCUT2D eigenvalue weighted by Gasteiger charge is 2.36. The number of anilines is 1. The molecule has 0 bridgehead atoms. The zero-order valence-corrected chi connectivity index (χ0v) is 21.2. The van der Waals surface area contributed by atoms with Crippen molar-refractivity contribution in [3.8, 4) is 0 Å². The number of hydrogen-bond donors (Lipinski definition) is 3. The normalized spacial score (nSPS) is 14.6. The third kappa shape index (κ3) is 4.59. The Morgan fingerprint density at radius 2 is 2.08 bits per heavy atom. The van der Waals surface area contributed by atoms with Crippen molar-refractivity contribution in [2.24, 2.45) is 0 Å². The Hall–Kier alpha value is -4.69. The molecule has 1 unspecified atom stereocenters. The van der Waals surface area contributed by atoms with Gasteiger partial charge in [0.15, 0.2) is 5.82 Å². The van der Waals surface area contributed by atoms with E-state index in [1.54, 1.807) is 12.1 Å². The summed E-state index contributed by atoms with van der Waals surface area (Å²) in [4.78, 5) is 43.6. The van der Waals surface area contributed by atoms with Gasteiger partial charge in [-0.1, -0.05) is 29.8 Å². The molecule has 3 amide bonds. The molecular formula is C24H16ClFN8O4S. The van der Waals surface area contributed by atoms with Crippen LogP contribution in [-0.2, 0) is 17.9 Å². The topological polar surface area (TPSA) is 157 Å². The second kappa shape index (κ2) is 9.89. The monoisotopic (exact) mass is 566 g/mol. The fourth-order valence-electron chi connectivity index (χ4n) is 4.29. The molecule has 3 aromatic heterocycles. The van der Waals surface area contributed by atoms with Crippen molar-refractivity contribution in [1.29, 1.82) is 0 Å². The minimum Gasteiger partial charge on any atom is -0.426 e. The molecule has 4 heterocycles. The molecule has 0 spiro atoms. The quantitative estimate of drug-likeness (QED) is 0.283. The third-order valence-corrected chi connectivity index (χ3v) is 7.16. The van der Waals surface area contributed by atoms with Crippen LogP contribution in [0.4, 0.5) is 10.2 Å². The van der Waals surface area contributed by atoms with Crippen molar-refractivity contribution in [1.82, 2.24) is 34.8 Å². The van der Waals surface area contributed by atoms with Gasteiger partial charge in [0, 0.05) is 16.0 Å². The number of amides is 3. The van der Waals surface area contributed by atoms with Crippen molar-refractivity contribution >= 4 is 56.8 Å². The van der Waals surface area contributed by atoms with Gasteiger partial charge in [-0.2, -0.15) is 4.37 Å². The van der Waals surface area contributed by atoms with Gasteiger partial charge in [-0.3, -0.25) is 14.4 Å². The minimum absolute atomic E-state index is 0.0228. The van der Waals surface area contributed by atoms with Gasteiger partial charge in [0.05, 0.1) is 23.0 Å². The van der Waals surface area contributed by atoms with E-state index in [9.17, 15) is 18.8 Å². The van der Waals surface area contributed by atoms with E-state index in [-0.39, 0.29) is 52.6 Å². The highest BCUT2D eigenvalue weighted by molar-refractivity contribution is 7.13. The van der Waals surface area contributed by atoms with E-state index in [1.807, 2.05) is 12.1 Å². The van der Waals surface area contributed by atoms with Gasteiger partial charge < -0.3 is 24.9 Å². The molecule has 2 aromatic carbocycles. The van der Waals surface area contributed by atoms with Crippen LogP contribution in [0.3, 0.4) is 0 Å². The Morgan fingerprint density at radius 1 is 1.23 bits per heavy atom. The summed E-state index contributed by atoms with van der Waals surface area (Å²) in [5.74, 6) is -2.35. The molecule has 0 fully saturated rings. The molecule has 196 valence electrons. The third-order valence-electron chi connectivity index (χ3n) is 5.99. The van der Waals surface area contributed by atoms with Crippen LogP contribution in [-0.4, -0.2) is 41.8 Å². The van der Waals surface area contributed by atoms with Crippen LogP contribution >= 0.6 is 23.1 Å². The number of benzene rings is 2. The Morgan fingerprint density at radius 3 is 2.90 bits per heavy atom. The number of rotatable bonds is 6. The highest BCUT2D eigenvalue weighted by Crippen LogP contribution is 2.36. The van der Waals surface area contributed by atoms with Gasteiger partial charge in [0.25, 0.3) is 11.8 Å². The molecule has 39 heavy (non-hydrogen) atoms. The van der Waals surface area contributed by atoms with Crippen molar-refractivity contribution in [2.45, 2.75) is 19.1 Å². The van der Waals surface area contributed by atoms with Gasteiger partial charge >= 0.3 is 0 Å². The number of hydrogen-bond acceptors (Lipinski definition) is 9. The molecule has 1 aliphatic rings. The number of nitrogens with zero attached hydrogens (tertiary/aromatic N) is 5. The van der Waals surface area contributed by atoms with Crippen molar-refractivity contribution in [3.05, 3.63) is 88.4 Å². The predicted molar refractivity (Wildman–Crippen MR) is 137 cm³/mol. The first-order valence-electron chi connectivity index (χ1n) is 11.4. The minimum atomic E-state index is -1.03. The van der Waals surface area contributed by atoms with E-state index in [1.165, 1.54) is 22.8 Å². The van der Waals surface area contributed by atoms with Gasteiger partial charge in [-0.15, -0.1) is 10.2 Å². The fourth-order valence-corrected chi connectivity index (χ4v) is 5.29. The van der Waals surface area contributed by atoms with Gasteiger partial charge in [0.2, 0.25) is 24.0 Å². The maximum atomic E-state index is 14.2. The van der Waals surface area contributed by atoms with Gasteiger partial charge in [0.1, 0.15) is 18.1 Å². The summed E-state index contributed by atoms with van der Waals surface area (Å²) in [5, 5.41) is 16.2. The molecule has 6 rings (SSSR count). The smallest absolute Gasteiger partial charge is 0.287 e. The first kappa shape index (κ1) is 24.6. The number of nitrogens with one attached hydrogen (secondary N) is 3. The number of halogens is 2. The molecule has 3 N–H and O–H groups in total. The molecule has 5 aromatic rings. The summed E-state index contributed by atoms with van der Waals surface area (Å²) in [5.41, 5.74) is 0.621. The lowest BCUT2D eigenvalue weighted by Crippen LogP contribution is -2.41. The predicted octanol–water partition coefficient (Wildman–Crippen LogP) is 3.07. The highest BCUT2D eigenvalue weighted by atomic mass is 35.5. The Bertz CT molecular complexity index is 1750. The van der Waals surface area contributed by atoms with Crippen LogP contribution in [0.5, 0.6) is 0 Å². The van der Waals surface area contributed by atoms with E-state index in [4.69, 9.17) is 16.0 Å². The summed E-state index contributed by atoms with van der Waals surface area (Å²) in [6.07, 6.45) is 1.12. The SMILES string of the molecule is O=C1Cn2c(C(=O)NCc3nnco3)nc(NC(=O)c3nsc4ccccc34)c2C(c2cc(F)ccc2Cl)N1. The average Bonchev–Trinajstić information content (AvgIpc) is 3.67. The van der Waals surface area contributed by atoms with E-state index >= 15 is 0 Å². The molecule has 0 saturated carbocycles. The van der Waals surface area contributed by atoms with Crippen molar-refractivity contribution < 1.29 is 23.2 Å². The summed E-state index contributed by atoms with van der Waals surface area (Å²) >= 11 is 7.54. The molecule has 1 aliphatic heterocycles. The zero-order chi connectivity index (χ0) is 27.1. The number of aromatic nitrogens is 5. The van der Waals surface area contributed by atoms with E-state index in [2.05, 4.69) is 35.5 Å². The largest absolute Gasteiger partial charge is 0.426 e. The van der Waals surface area contributed by atoms with Crippen LogP contribution in [0.15, 0.2) is 53.3 Å². The lowest BCUT2D eigenvalue weighted by molar-refractivity contribution is -0.123. The van der Waals surface area contributed by atoms with Gasteiger partial charge in [-0.05, 0) is 35.8 Å². The molecule has 12 nitrogen and oxygen atoms in total. The fraction of sp³-hybridized carbons (Fsp3) is 0.125. The van der Waals surface area contributed by atoms with Gasteiger partial charge in [-0.25, -0.2) is 9.37 Å².